The fourth-order valence-corrected chi connectivity index (χ4v) is 2.73. The van der Waals surface area contributed by atoms with Gasteiger partial charge < -0.3 is 14.8 Å². The van der Waals surface area contributed by atoms with E-state index in [4.69, 9.17) is 9.47 Å². The fraction of sp³-hybridized carbons (Fsp3) is 0.263. The molecule has 2 aromatic rings. The van der Waals surface area contributed by atoms with Crippen molar-refractivity contribution in [1.29, 1.82) is 0 Å². The molecule has 1 heterocycles. The summed E-state index contributed by atoms with van der Waals surface area (Å²) >= 11 is 0. The van der Waals surface area contributed by atoms with Crippen LogP contribution in [0.25, 0.3) is 11.1 Å². The van der Waals surface area contributed by atoms with Crippen LogP contribution in [0.1, 0.15) is 31.4 Å². The number of carbonyl (C=O) groups excluding carboxylic acids is 2. The molecule has 0 spiro atoms. The topological polar surface area (TPSA) is 64.6 Å². The van der Waals surface area contributed by atoms with Crippen LogP contribution < -0.4 is 10.1 Å². The van der Waals surface area contributed by atoms with Crippen LogP contribution in [0.4, 0.5) is 4.79 Å². The van der Waals surface area contributed by atoms with Gasteiger partial charge in [0.25, 0.3) is 0 Å². The summed E-state index contributed by atoms with van der Waals surface area (Å²) in [5, 5.41) is 2.97. The van der Waals surface area contributed by atoms with Crippen LogP contribution in [0.15, 0.2) is 48.5 Å². The van der Waals surface area contributed by atoms with E-state index in [1.54, 1.807) is 19.1 Å². The van der Waals surface area contributed by atoms with Crippen molar-refractivity contribution in [3.63, 3.8) is 0 Å². The summed E-state index contributed by atoms with van der Waals surface area (Å²) in [6.07, 6.45) is 0.736. The predicted molar refractivity (Wildman–Crippen MR) is 89.6 cm³/mol. The van der Waals surface area contributed by atoms with Crippen molar-refractivity contribution in [1.82, 2.24) is 5.32 Å². The lowest BCUT2D eigenvalue weighted by Gasteiger charge is -2.11. The molecule has 1 saturated heterocycles. The van der Waals surface area contributed by atoms with Gasteiger partial charge in [-0.15, -0.1) is 0 Å². The Hall–Kier alpha value is -2.82. The first-order valence-electron chi connectivity index (χ1n) is 8.00. The summed E-state index contributed by atoms with van der Waals surface area (Å²) in [4.78, 5) is 22.6. The second-order valence-corrected chi connectivity index (χ2v) is 5.59. The van der Waals surface area contributed by atoms with Crippen LogP contribution in [0.5, 0.6) is 5.75 Å². The van der Waals surface area contributed by atoms with Crippen molar-refractivity contribution >= 4 is 12.1 Å². The van der Waals surface area contributed by atoms with Gasteiger partial charge in [0.1, 0.15) is 5.75 Å². The molecule has 0 bridgehead atoms. The second kappa shape index (κ2) is 7.17. The van der Waals surface area contributed by atoms with E-state index in [0.29, 0.717) is 12.2 Å². The number of ether oxygens (including phenoxy) is 2. The summed E-state index contributed by atoms with van der Waals surface area (Å²) in [6, 6.07) is 15.5. The molecule has 1 amide bonds. The zero-order chi connectivity index (χ0) is 16.9. The molecule has 5 heteroatoms. The molecule has 2 aromatic carbocycles. The molecule has 0 aromatic heterocycles. The fourth-order valence-electron chi connectivity index (χ4n) is 2.73. The van der Waals surface area contributed by atoms with Gasteiger partial charge in [-0.2, -0.15) is 0 Å². The highest BCUT2D eigenvalue weighted by molar-refractivity contribution is 5.78. The highest BCUT2D eigenvalue weighted by atomic mass is 16.7. The molecule has 0 saturated carbocycles. The molecule has 1 N–H and O–H groups in total. The third-order valence-corrected chi connectivity index (χ3v) is 3.96. The molecular formula is C19H19NO4. The van der Waals surface area contributed by atoms with E-state index in [2.05, 4.69) is 5.32 Å². The minimum absolute atomic E-state index is 0.112. The first-order valence-corrected chi connectivity index (χ1v) is 8.00. The average molecular weight is 325 g/mol. The first kappa shape index (κ1) is 16.1. The van der Waals surface area contributed by atoms with E-state index in [1.165, 1.54) is 0 Å². The van der Waals surface area contributed by atoms with Crippen LogP contribution >= 0.6 is 0 Å². The molecular weight excluding hydrogens is 306 g/mol. The molecule has 124 valence electrons. The van der Waals surface area contributed by atoms with Crippen molar-refractivity contribution in [3.05, 3.63) is 54.1 Å². The SMILES string of the molecule is CCOC(=O)Oc1ccc(-c2ccc(C3CCC(=O)N3)cc2)cc1. The zero-order valence-electron chi connectivity index (χ0n) is 13.5. The predicted octanol–water partition coefficient (Wildman–Crippen LogP) is 3.84. The van der Waals surface area contributed by atoms with Crippen LogP contribution in [-0.2, 0) is 9.53 Å². The summed E-state index contributed by atoms with van der Waals surface area (Å²) in [5.41, 5.74) is 3.20. The maximum absolute atomic E-state index is 11.3. The lowest BCUT2D eigenvalue weighted by molar-refractivity contribution is -0.119. The summed E-state index contributed by atoms with van der Waals surface area (Å²) < 4.78 is 9.78. The summed E-state index contributed by atoms with van der Waals surface area (Å²) in [6.45, 7) is 2.01. The molecule has 1 atom stereocenters. The maximum Gasteiger partial charge on any atom is 0.513 e. The van der Waals surface area contributed by atoms with E-state index < -0.39 is 6.16 Å². The normalized spacial score (nSPS) is 16.5. The molecule has 1 aliphatic rings. The van der Waals surface area contributed by atoms with E-state index in [-0.39, 0.29) is 18.6 Å². The molecule has 24 heavy (non-hydrogen) atoms. The van der Waals surface area contributed by atoms with Crippen molar-refractivity contribution in [2.75, 3.05) is 6.61 Å². The Morgan fingerprint density at radius 2 is 1.71 bits per heavy atom. The van der Waals surface area contributed by atoms with Crippen molar-refractivity contribution in [3.8, 4) is 16.9 Å². The number of carbonyl (C=O) groups is 2. The molecule has 1 aliphatic heterocycles. The summed E-state index contributed by atoms with van der Waals surface area (Å²) in [5.74, 6) is 0.559. The highest BCUT2D eigenvalue weighted by Gasteiger charge is 2.21. The Labute approximate surface area is 140 Å². The van der Waals surface area contributed by atoms with Crippen molar-refractivity contribution < 1.29 is 19.1 Å². The number of amides is 1. The molecule has 1 fully saturated rings. The number of hydrogen-bond donors (Lipinski definition) is 1. The van der Waals surface area contributed by atoms with E-state index in [0.717, 1.165) is 23.1 Å². The minimum atomic E-state index is -0.701. The molecule has 0 aliphatic carbocycles. The Bertz CT molecular complexity index is 722. The van der Waals surface area contributed by atoms with Gasteiger partial charge in [-0.25, -0.2) is 4.79 Å². The Balaban J connectivity index is 1.68. The third kappa shape index (κ3) is 3.74. The Morgan fingerprint density at radius 3 is 2.25 bits per heavy atom. The number of hydrogen-bond acceptors (Lipinski definition) is 4. The maximum atomic E-state index is 11.3. The summed E-state index contributed by atoms with van der Waals surface area (Å²) in [7, 11) is 0. The first-order chi connectivity index (χ1) is 11.7. The molecule has 3 rings (SSSR count). The minimum Gasteiger partial charge on any atom is -0.434 e. The van der Waals surface area contributed by atoms with Gasteiger partial charge in [0.15, 0.2) is 0 Å². The quantitative estimate of drug-likeness (QED) is 0.685. The van der Waals surface area contributed by atoms with E-state index >= 15 is 0 Å². The van der Waals surface area contributed by atoms with Crippen LogP contribution in [0, 0.1) is 0 Å². The Kier molecular flexibility index (Phi) is 4.79. The molecule has 5 nitrogen and oxygen atoms in total. The van der Waals surface area contributed by atoms with Crippen molar-refractivity contribution in [2.24, 2.45) is 0 Å². The molecule has 1 unspecified atom stereocenters. The smallest absolute Gasteiger partial charge is 0.434 e. The number of benzene rings is 2. The van der Waals surface area contributed by atoms with Gasteiger partial charge >= 0.3 is 6.16 Å². The van der Waals surface area contributed by atoms with Crippen LogP contribution in [-0.4, -0.2) is 18.7 Å². The highest BCUT2D eigenvalue weighted by Crippen LogP contribution is 2.27. The van der Waals surface area contributed by atoms with Gasteiger partial charge in [-0.1, -0.05) is 36.4 Å². The number of rotatable bonds is 4. The van der Waals surface area contributed by atoms with Gasteiger partial charge in [0, 0.05) is 6.42 Å². The zero-order valence-corrected chi connectivity index (χ0v) is 13.5. The van der Waals surface area contributed by atoms with Crippen LogP contribution in [0.2, 0.25) is 0 Å². The second-order valence-electron chi connectivity index (χ2n) is 5.59. The lowest BCUT2D eigenvalue weighted by Crippen LogP contribution is -2.18. The monoisotopic (exact) mass is 325 g/mol. The largest absolute Gasteiger partial charge is 0.513 e. The van der Waals surface area contributed by atoms with Gasteiger partial charge in [0.05, 0.1) is 12.6 Å². The number of nitrogens with one attached hydrogen (secondary N) is 1. The third-order valence-electron chi connectivity index (χ3n) is 3.96. The van der Waals surface area contributed by atoms with E-state index in [1.807, 2.05) is 36.4 Å². The standard InChI is InChI=1S/C19H19NO4/c1-2-23-19(22)24-16-9-7-14(8-10-16)13-3-5-15(6-4-13)17-11-12-18(21)20-17/h3-10,17H,2,11-12H2,1H3,(H,20,21). The molecule has 0 radical (unpaired) electrons. The Morgan fingerprint density at radius 1 is 1.08 bits per heavy atom. The van der Waals surface area contributed by atoms with Gasteiger partial charge in [-0.3, -0.25) is 4.79 Å². The lowest BCUT2D eigenvalue weighted by atomic mass is 10.00. The van der Waals surface area contributed by atoms with Crippen LogP contribution in [0.3, 0.4) is 0 Å². The van der Waals surface area contributed by atoms with Gasteiger partial charge in [0.2, 0.25) is 5.91 Å². The van der Waals surface area contributed by atoms with E-state index in [9.17, 15) is 9.59 Å². The average Bonchev–Trinajstić information content (AvgIpc) is 3.02. The van der Waals surface area contributed by atoms with Crippen molar-refractivity contribution in [2.45, 2.75) is 25.8 Å². The van der Waals surface area contributed by atoms with Gasteiger partial charge in [-0.05, 0) is 42.2 Å².